The Balaban J connectivity index is 2.33. The van der Waals surface area contributed by atoms with Crippen LogP contribution in [-0.2, 0) is 9.84 Å². The van der Waals surface area contributed by atoms with E-state index in [-0.39, 0.29) is 28.1 Å². The van der Waals surface area contributed by atoms with Crippen molar-refractivity contribution in [3.05, 3.63) is 34.6 Å². The maximum Gasteiger partial charge on any atom is 0.150 e. The highest BCUT2D eigenvalue weighted by Gasteiger charge is 2.34. The van der Waals surface area contributed by atoms with E-state index < -0.39 is 9.84 Å². The Hall–Kier alpha value is -0.420. The molecule has 2 rings (SSSR count). The zero-order valence-corrected chi connectivity index (χ0v) is 12.8. The third-order valence-electron chi connectivity index (χ3n) is 3.52. The molecule has 0 aliphatic carbocycles. The van der Waals surface area contributed by atoms with Gasteiger partial charge in [0.15, 0.2) is 9.84 Å². The number of hydrogen-bond acceptors (Lipinski definition) is 2. The van der Waals surface area contributed by atoms with Crippen molar-refractivity contribution in [1.29, 1.82) is 0 Å². The van der Waals surface area contributed by atoms with Crippen molar-refractivity contribution in [2.45, 2.75) is 25.1 Å². The Morgan fingerprint density at radius 3 is 2.33 bits per heavy atom. The van der Waals surface area contributed by atoms with Crippen LogP contribution in [-0.4, -0.2) is 19.9 Å². The molecule has 1 aromatic rings. The second-order valence-corrected chi connectivity index (χ2v) is 8.23. The Morgan fingerprint density at radius 1 is 1.33 bits per heavy atom. The highest BCUT2D eigenvalue weighted by molar-refractivity contribution is 9.09. The van der Waals surface area contributed by atoms with Crippen LogP contribution in [0, 0.1) is 25.6 Å². The van der Waals surface area contributed by atoms with Crippen LogP contribution in [0.15, 0.2) is 12.1 Å². The van der Waals surface area contributed by atoms with Crippen molar-refractivity contribution in [3.8, 4) is 0 Å². The molecule has 1 aliphatic heterocycles. The van der Waals surface area contributed by atoms with Crippen LogP contribution in [0.4, 0.5) is 4.39 Å². The number of aryl methyl sites for hydroxylation is 2. The first-order valence-corrected chi connectivity index (χ1v) is 8.65. The van der Waals surface area contributed by atoms with Crippen LogP contribution in [0.5, 0.6) is 0 Å². The predicted molar refractivity (Wildman–Crippen MR) is 74.3 cm³/mol. The van der Waals surface area contributed by atoms with Crippen LogP contribution < -0.4 is 0 Å². The number of hydrogen-bond donors (Lipinski definition) is 0. The van der Waals surface area contributed by atoms with E-state index in [2.05, 4.69) is 15.9 Å². The van der Waals surface area contributed by atoms with Gasteiger partial charge in [-0.1, -0.05) is 15.9 Å². The smallest absolute Gasteiger partial charge is 0.150 e. The van der Waals surface area contributed by atoms with Gasteiger partial charge in [-0.3, -0.25) is 0 Å². The monoisotopic (exact) mass is 334 g/mol. The summed E-state index contributed by atoms with van der Waals surface area (Å²) in [5.41, 5.74) is 2.77. The van der Waals surface area contributed by atoms with E-state index in [1.165, 1.54) is 12.1 Å². The largest absolute Gasteiger partial charge is 0.229 e. The van der Waals surface area contributed by atoms with E-state index >= 15 is 0 Å². The standard InChI is InChI=1S/C13H16BrFO2S/c1-8-5-11(15)6-9(2)12(8)13(14)10-3-4-18(16,17)7-10/h5-6,10,13H,3-4,7H2,1-2H3. The Morgan fingerprint density at radius 2 is 1.89 bits per heavy atom. The summed E-state index contributed by atoms with van der Waals surface area (Å²) in [7, 11) is -2.89. The average Bonchev–Trinajstić information content (AvgIpc) is 2.57. The molecule has 0 N–H and O–H groups in total. The van der Waals surface area contributed by atoms with Crippen LogP contribution in [0.2, 0.25) is 0 Å². The molecule has 1 aliphatic rings. The molecule has 1 heterocycles. The van der Waals surface area contributed by atoms with Gasteiger partial charge in [0.2, 0.25) is 0 Å². The summed E-state index contributed by atoms with van der Waals surface area (Å²) in [5.74, 6) is 0.323. The molecule has 18 heavy (non-hydrogen) atoms. The van der Waals surface area contributed by atoms with Gasteiger partial charge >= 0.3 is 0 Å². The molecule has 1 fully saturated rings. The van der Waals surface area contributed by atoms with E-state index in [4.69, 9.17) is 0 Å². The van der Waals surface area contributed by atoms with Gasteiger partial charge in [-0.25, -0.2) is 12.8 Å². The SMILES string of the molecule is Cc1cc(F)cc(C)c1C(Br)C1CCS(=O)(=O)C1. The van der Waals surface area contributed by atoms with E-state index in [9.17, 15) is 12.8 Å². The minimum Gasteiger partial charge on any atom is -0.229 e. The lowest BCUT2D eigenvalue weighted by molar-refractivity contribution is 0.574. The molecule has 0 aromatic heterocycles. The summed E-state index contributed by atoms with van der Waals surface area (Å²) in [4.78, 5) is -0.0182. The number of rotatable bonds is 2. The van der Waals surface area contributed by atoms with Gasteiger partial charge < -0.3 is 0 Å². The Kier molecular flexibility index (Phi) is 3.83. The van der Waals surface area contributed by atoms with Gasteiger partial charge in [0, 0.05) is 4.83 Å². The minimum atomic E-state index is -2.89. The lowest BCUT2D eigenvalue weighted by Gasteiger charge is -2.21. The topological polar surface area (TPSA) is 34.1 Å². The molecular weight excluding hydrogens is 319 g/mol. The molecule has 100 valence electrons. The first-order valence-electron chi connectivity index (χ1n) is 5.91. The van der Waals surface area contributed by atoms with Crippen molar-refractivity contribution < 1.29 is 12.8 Å². The molecule has 0 spiro atoms. The number of sulfone groups is 1. The number of alkyl halides is 1. The third kappa shape index (κ3) is 2.77. The van der Waals surface area contributed by atoms with Crippen LogP contribution in [0.25, 0.3) is 0 Å². The molecule has 2 nitrogen and oxygen atoms in total. The molecular formula is C13H16BrFO2S. The summed E-state index contributed by atoms with van der Waals surface area (Å²) in [6.07, 6.45) is 0.675. The number of benzene rings is 1. The summed E-state index contributed by atoms with van der Waals surface area (Å²) in [6, 6.07) is 3.00. The molecule has 0 bridgehead atoms. The summed E-state index contributed by atoms with van der Waals surface area (Å²) < 4.78 is 36.3. The van der Waals surface area contributed by atoms with Crippen molar-refractivity contribution in [2.24, 2.45) is 5.92 Å². The molecule has 2 unspecified atom stereocenters. The summed E-state index contributed by atoms with van der Waals surface area (Å²) >= 11 is 3.60. The van der Waals surface area contributed by atoms with Gasteiger partial charge in [0.25, 0.3) is 0 Å². The maximum absolute atomic E-state index is 13.3. The quantitative estimate of drug-likeness (QED) is 0.777. The Labute approximate surface area is 116 Å². The fourth-order valence-corrected chi connectivity index (χ4v) is 5.91. The van der Waals surface area contributed by atoms with Crippen molar-refractivity contribution in [1.82, 2.24) is 0 Å². The van der Waals surface area contributed by atoms with Crippen LogP contribution in [0.1, 0.15) is 27.9 Å². The van der Waals surface area contributed by atoms with Gasteiger partial charge in [-0.2, -0.15) is 0 Å². The molecule has 2 atom stereocenters. The molecule has 0 saturated carbocycles. The van der Waals surface area contributed by atoms with Crippen molar-refractivity contribution in [3.63, 3.8) is 0 Å². The highest BCUT2D eigenvalue weighted by atomic mass is 79.9. The highest BCUT2D eigenvalue weighted by Crippen LogP contribution is 2.40. The molecule has 1 saturated heterocycles. The van der Waals surface area contributed by atoms with Gasteiger partial charge in [0.1, 0.15) is 5.82 Å². The summed E-state index contributed by atoms with van der Waals surface area (Å²) in [5, 5.41) is 0. The van der Waals surface area contributed by atoms with E-state index in [1.54, 1.807) is 0 Å². The maximum atomic E-state index is 13.3. The van der Waals surface area contributed by atoms with Crippen LogP contribution >= 0.6 is 15.9 Å². The van der Waals surface area contributed by atoms with Crippen molar-refractivity contribution >= 4 is 25.8 Å². The molecule has 0 radical (unpaired) electrons. The molecule has 1 aromatic carbocycles. The van der Waals surface area contributed by atoms with Crippen molar-refractivity contribution in [2.75, 3.05) is 11.5 Å². The molecule has 0 amide bonds. The van der Waals surface area contributed by atoms with E-state index in [0.717, 1.165) is 16.7 Å². The van der Waals surface area contributed by atoms with Gasteiger partial charge in [-0.15, -0.1) is 0 Å². The average molecular weight is 335 g/mol. The third-order valence-corrected chi connectivity index (χ3v) is 6.51. The van der Waals surface area contributed by atoms with Gasteiger partial charge in [-0.05, 0) is 55.0 Å². The van der Waals surface area contributed by atoms with Gasteiger partial charge in [0.05, 0.1) is 11.5 Å². The zero-order chi connectivity index (χ0) is 13.5. The zero-order valence-electron chi connectivity index (χ0n) is 10.4. The lowest BCUT2D eigenvalue weighted by Crippen LogP contribution is -2.12. The van der Waals surface area contributed by atoms with Crippen LogP contribution in [0.3, 0.4) is 0 Å². The number of halogens is 2. The fraction of sp³-hybridized carbons (Fsp3) is 0.538. The first kappa shape index (κ1) is 14.0. The minimum absolute atomic E-state index is 0.0182. The van der Waals surface area contributed by atoms with E-state index in [1.807, 2.05) is 13.8 Å². The second kappa shape index (κ2) is 4.93. The first-order chi connectivity index (χ1) is 8.30. The predicted octanol–water partition coefficient (Wildman–Crippen LogP) is 3.31. The van der Waals surface area contributed by atoms with E-state index in [0.29, 0.717) is 6.42 Å². The summed E-state index contributed by atoms with van der Waals surface area (Å²) in [6.45, 7) is 3.73. The molecule has 5 heteroatoms. The lowest BCUT2D eigenvalue weighted by atomic mass is 9.92. The second-order valence-electron chi connectivity index (χ2n) is 5.02. The Bertz CT molecular complexity index is 545. The normalized spacial score (nSPS) is 24.1. The fourth-order valence-electron chi connectivity index (χ4n) is 2.65.